The van der Waals surface area contributed by atoms with E-state index in [4.69, 9.17) is 11.6 Å². The number of nitrogens with one attached hydrogen (secondary N) is 2. The molecule has 1 aromatic heterocycles. The Morgan fingerprint density at radius 1 is 1.33 bits per heavy atom. The lowest BCUT2D eigenvalue weighted by Gasteiger charge is -2.13. The number of aromatic amines is 2. The van der Waals surface area contributed by atoms with Crippen molar-refractivity contribution >= 4 is 23.3 Å². The molecule has 0 bridgehead atoms. The summed E-state index contributed by atoms with van der Waals surface area (Å²) in [4.78, 5) is 39.1. The fourth-order valence-electron chi connectivity index (χ4n) is 1.50. The first-order chi connectivity index (χ1) is 7.06. The summed E-state index contributed by atoms with van der Waals surface area (Å²) < 4.78 is 0. The molecule has 1 aliphatic heterocycles. The fraction of sp³-hybridized carbons (Fsp3) is 0.375. The highest BCUT2D eigenvalue weighted by Crippen LogP contribution is 2.20. The minimum absolute atomic E-state index is 0.192. The molecule has 0 aliphatic carbocycles. The molecule has 6 nitrogen and oxygen atoms in total. The average Bonchev–Trinajstić information content (AvgIpc) is 2.43. The predicted molar refractivity (Wildman–Crippen MR) is 54.3 cm³/mol. The van der Waals surface area contributed by atoms with Crippen molar-refractivity contribution in [2.24, 2.45) is 0 Å². The highest BCUT2D eigenvalue weighted by atomic mass is 35.5. The molecule has 1 atom stereocenters. The van der Waals surface area contributed by atoms with Gasteiger partial charge in [0.15, 0.2) is 0 Å². The number of aromatic nitrogens is 2. The van der Waals surface area contributed by atoms with E-state index >= 15 is 0 Å². The summed E-state index contributed by atoms with van der Waals surface area (Å²) in [6.07, 6.45) is 0.219. The number of carbonyl (C=O) groups is 1. The van der Waals surface area contributed by atoms with Crippen molar-refractivity contribution in [3.8, 4) is 0 Å². The Balaban J connectivity index is 2.42. The minimum atomic E-state index is -0.636. The number of rotatable bonds is 1. The number of hydrogen-bond acceptors (Lipinski definition) is 3. The van der Waals surface area contributed by atoms with E-state index in [1.807, 2.05) is 4.98 Å². The lowest BCUT2D eigenvalue weighted by Crippen LogP contribution is -2.31. The van der Waals surface area contributed by atoms with Crippen molar-refractivity contribution in [2.75, 3.05) is 11.4 Å². The summed E-state index contributed by atoms with van der Waals surface area (Å²) in [6, 6.07) is 1.16. The van der Waals surface area contributed by atoms with Gasteiger partial charge >= 0.3 is 5.69 Å². The third-order valence-electron chi connectivity index (χ3n) is 2.11. The van der Waals surface area contributed by atoms with Crippen LogP contribution in [0, 0.1) is 0 Å². The van der Waals surface area contributed by atoms with Crippen LogP contribution in [0.3, 0.4) is 0 Å². The van der Waals surface area contributed by atoms with E-state index in [0.717, 1.165) is 6.07 Å². The number of anilines is 1. The van der Waals surface area contributed by atoms with Gasteiger partial charge in [0, 0.05) is 19.0 Å². The van der Waals surface area contributed by atoms with E-state index < -0.39 is 11.2 Å². The maximum absolute atomic E-state index is 11.4. The Morgan fingerprint density at radius 2 is 2.07 bits per heavy atom. The number of nitrogens with zero attached hydrogens (tertiary/aromatic N) is 1. The molecule has 7 heteroatoms. The summed E-state index contributed by atoms with van der Waals surface area (Å²) in [5.74, 6) is -0.00634. The average molecular weight is 230 g/mol. The molecule has 15 heavy (non-hydrogen) atoms. The van der Waals surface area contributed by atoms with Crippen molar-refractivity contribution in [1.29, 1.82) is 0 Å². The van der Waals surface area contributed by atoms with Crippen molar-refractivity contribution in [1.82, 2.24) is 9.97 Å². The van der Waals surface area contributed by atoms with Crippen molar-refractivity contribution in [3.63, 3.8) is 0 Å². The molecule has 2 N–H and O–H groups in total. The van der Waals surface area contributed by atoms with Gasteiger partial charge in [-0.05, 0) is 0 Å². The predicted octanol–water partition coefficient (Wildman–Crippen LogP) is -0.593. The Morgan fingerprint density at radius 3 is 2.60 bits per heavy atom. The molecule has 0 aromatic carbocycles. The number of carbonyl (C=O) groups excluding carboxylic acids is 1. The van der Waals surface area contributed by atoms with Crippen LogP contribution in [0.25, 0.3) is 0 Å². The topological polar surface area (TPSA) is 86.0 Å². The first kappa shape index (κ1) is 9.97. The second-order valence-corrected chi connectivity index (χ2v) is 3.90. The Kier molecular flexibility index (Phi) is 2.36. The van der Waals surface area contributed by atoms with Gasteiger partial charge in [0.05, 0.1) is 5.38 Å². The van der Waals surface area contributed by atoms with Crippen LogP contribution in [0.4, 0.5) is 5.82 Å². The summed E-state index contributed by atoms with van der Waals surface area (Å²) in [5, 5.41) is -0.278. The summed E-state index contributed by atoms with van der Waals surface area (Å²) >= 11 is 5.79. The van der Waals surface area contributed by atoms with E-state index in [9.17, 15) is 14.4 Å². The summed E-state index contributed by atoms with van der Waals surface area (Å²) in [6.45, 7) is 0.305. The first-order valence-corrected chi connectivity index (χ1v) is 4.78. The molecule has 1 aromatic rings. The standard InChI is InChI=1S/C8H8ClN3O3/c9-4-1-7(14)12(3-4)5-2-6(13)11-8(15)10-5/h2,4H,1,3H2,(H2,10,11,13,15). The highest BCUT2D eigenvalue weighted by Gasteiger charge is 2.29. The third-order valence-corrected chi connectivity index (χ3v) is 2.41. The molecular weight excluding hydrogens is 222 g/mol. The van der Waals surface area contributed by atoms with Crippen molar-refractivity contribution < 1.29 is 4.79 Å². The molecule has 0 saturated carbocycles. The largest absolute Gasteiger partial charge is 0.327 e. The third kappa shape index (κ3) is 1.94. The van der Waals surface area contributed by atoms with E-state index in [2.05, 4.69) is 4.98 Å². The second-order valence-electron chi connectivity index (χ2n) is 3.28. The molecule has 2 heterocycles. The zero-order valence-corrected chi connectivity index (χ0v) is 8.37. The second kappa shape index (κ2) is 3.54. The monoisotopic (exact) mass is 229 g/mol. The lowest BCUT2D eigenvalue weighted by molar-refractivity contribution is -0.117. The molecular formula is C8H8ClN3O3. The van der Waals surface area contributed by atoms with E-state index in [-0.39, 0.29) is 23.5 Å². The first-order valence-electron chi connectivity index (χ1n) is 4.34. The van der Waals surface area contributed by atoms with Gasteiger partial charge in [-0.1, -0.05) is 0 Å². The van der Waals surface area contributed by atoms with Crippen LogP contribution in [0.5, 0.6) is 0 Å². The summed E-state index contributed by atoms with van der Waals surface area (Å²) in [7, 11) is 0. The highest BCUT2D eigenvalue weighted by molar-refractivity contribution is 6.24. The van der Waals surface area contributed by atoms with Crippen LogP contribution in [0.2, 0.25) is 0 Å². The van der Waals surface area contributed by atoms with Crippen LogP contribution < -0.4 is 16.1 Å². The summed E-state index contributed by atoms with van der Waals surface area (Å²) in [5.41, 5.74) is -1.18. The van der Waals surface area contributed by atoms with Crippen LogP contribution in [-0.2, 0) is 4.79 Å². The zero-order valence-electron chi connectivity index (χ0n) is 7.62. The van der Waals surface area contributed by atoms with Crippen LogP contribution in [0.15, 0.2) is 15.7 Å². The van der Waals surface area contributed by atoms with Gasteiger partial charge in [-0.25, -0.2) is 4.79 Å². The van der Waals surface area contributed by atoms with Gasteiger partial charge in [0.25, 0.3) is 5.56 Å². The number of amides is 1. The van der Waals surface area contributed by atoms with Gasteiger partial charge in [0.2, 0.25) is 5.91 Å². The number of alkyl halides is 1. The molecule has 2 rings (SSSR count). The number of H-pyrrole nitrogens is 2. The van der Waals surface area contributed by atoms with Crippen LogP contribution in [0.1, 0.15) is 6.42 Å². The van der Waals surface area contributed by atoms with E-state index in [0.29, 0.717) is 6.54 Å². The van der Waals surface area contributed by atoms with Crippen molar-refractivity contribution in [2.45, 2.75) is 11.8 Å². The van der Waals surface area contributed by atoms with Gasteiger partial charge in [0.1, 0.15) is 5.82 Å². The molecule has 1 amide bonds. The van der Waals surface area contributed by atoms with Crippen LogP contribution in [-0.4, -0.2) is 27.8 Å². The quantitative estimate of drug-likeness (QED) is 0.631. The minimum Gasteiger partial charge on any atom is -0.297 e. The maximum atomic E-state index is 11.4. The zero-order chi connectivity index (χ0) is 11.0. The van der Waals surface area contributed by atoms with Crippen LogP contribution >= 0.6 is 11.6 Å². The fourth-order valence-corrected chi connectivity index (χ4v) is 1.77. The smallest absolute Gasteiger partial charge is 0.297 e. The van der Waals surface area contributed by atoms with Gasteiger partial charge in [-0.15, -0.1) is 11.6 Å². The Bertz CT molecular complexity index is 478. The normalized spacial score (nSPS) is 21.0. The SMILES string of the molecule is O=C1CC(Cl)CN1c1cc(=O)[nH]c(=O)[nH]1. The molecule has 0 spiro atoms. The Labute approximate surface area is 88.9 Å². The molecule has 1 aliphatic rings. The Hall–Kier alpha value is -1.56. The number of halogens is 1. The van der Waals surface area contributed by atoms with Gasteiger partial charge < -0.3 is 0 Å². The van der Waals surface area contributed by atoms with Gasteiger partial charge in [-0.3, -0.25) is 24.5 Å². The van der Waals surface area contributed by atoms with Crippen molar-refractivity contribution in [3.05, 3.63) is 26.9 Å². The maximum Gasteiger partial charge on any atom is 0.327 e. The lowest BCUT2D eigenvalue weighted by atomic mass is 10.4. The molecule has 1 unspecified atom stereocenters. The van der Waals surface area contributed by atoms with Gasteiger partial charge in [-0.2, -0.15) is 0 Å². The van der Waals surface area contributed by atoms with E-state index in [1.54, 1.807) is 0 Å². The number of hydrogen-bond donors (Lipinski definition) is 2. The molecule has 80 valence electrons. The molecule has 0 radical (unpaired) electrons. The molecule has 1 saturated heterocycles. The molecule has 1 fully saturated rings. The van der Waals surface area contributed by atoms with E-state index in [1.165, 1.54) is 4.90 Å².